The second kappa shape index (κ2) is 7.32. The second-order valence-corrected chi connectivity index (χ2v) is 4.75. The third-order valence-corrected chi connectivity index (χ3v) is 3.24. The molecule has 0 saturated carbocycles. The Balaban J connectivity index is 2.14. The number of nitrogens with one attached hydrogen (secondary N) is 1. The van der Waals surface area contributed by atoms with Crippen molar-refractivity contribution < 1.29 is 9.47 Å². The van der Waals surface area contributed by atoms with Gasteiger partial charge in [0.15, 0.2) is 11.5 Å². The van der Waals surface area contributed by atoms with Crippen LogP contribution < -0.4 is 14.8 Å². The predicted octanol–water partition coefficient (Wildman–Crippen LogP) is 3.53. The minimum absolute atomic E-state index is 0.0463. The van der Waals surface area contributed by atoms with Crippen LogP contribution in [-0.2, 0) is 0 Å². The molecule has 0 spiro atoms. The van der Waals surface area contributed by atoms with Crippen molar-refractivity contribution in [2.45, 2.75) is 19.9 Å². The highest BCUT2D eigenvalue weighted by Gasteiger charge is 2.11. The quantitative estimate of drug-likeness (QED) is 0.883. The zero-order valence-corrected chi connectivity index (χ0v) is 13.0. The van der Waals surface area contributed by atoms with Crippen LogP contribution in [0.1, 0.15) is 31.0 Å². The number of methoxy groups -OCH3 is 1. The molecule has 0 saturated heterocycles. The summed E-state index contributed by atoms with van der Waals surface area (Å²) < 4.78 is 10.9. The van der Waals surface area contributed by atoms with Crippen LogP contribution in [0.3, 0.4) is 0 Å². The number of anilines is 1. The van der Waals surface area contributed by atoms with Crippen LogP contribution in [0, 0.1) is 11.3 Å². The Bertz CT molecular complexity index is 663. The summed E-state index contributed by atoms with van der Waals surface area (Å²) in [5.41, 5.74) is 1.60. The van der Waals surface area contributed by atoms with Crippen molar-refractivity contribution in [3.05, 3.63) is 47.7 Å². The van der Waals surface area contributed by atoms with E-state index in [2.05, 4.69) is 16.4 Å². The summed E-state index contributed by atoms with van der Waals surface area (Å²) in [6, 6.07) is 11.5. The molecule has 1 aromatic carbocycles. The molecule has 0 radical (unpaired) electrons. The Morgan fingerprint density at radius 3 is 2.68 bits per heavy atom. The summed E-state index contributed by atoms with van der Waals surface area (Å²) in [6.07, 6.45) is 1.55. The summed E-state index contributed by atoms with van der Waals surface area (Å²) in [7, 11) is 1.63. The van der Waals surface area contributed by atoms with E-state index in [9.17, 15) is 0 Å². The molecule has 0 aliphatic rings. The van der Waals surface area contributed by atoms with Gasteiger partial charge in [0, 0.05) is 6.20 Å². The van der Waals surface area contributed by atoms with Gasteiger partial charge in [0.1, 0.15) is 11.9 Å². The average molecular weight is 297 g/mol. The average Bonchev–Trinajstić information content (AvgIpc) is 2.56. The Morgan fingerprint density at radius 2 is 2.09 bits per heavy atom. The van der Waals surface area contributed by atoms with Crippen molar-refractivity contribution >= 4 is 5.82 Å². The van der Waals surface area contributed by atoms with E-state index >= 15 is 0 Å². The molecule has 2 rings (SSSR count). The number of pyridine rings is 1. The van der Waals surface area contributed by atoms with Crippen LogP contribution >= 0.6 is 0 Å². The van der Waals surface area contributed by atoms with Gasteiger partial charge in [0.05, 0.1) is 25.3 Å². The molecule has 0 fully saturated rings. The third-order valence-electron chi connectivity index (χ3n) is 3.24. The Labute approximate surface area is 130 Å². The van der Waals surface area contributed by atoms with Gasteiger partial charge in [0.2, 0.25) is 0 Å². The fourth-order valence-electron chi connectivity index (χ4n) is 2.08. The first-order chi connectivity index (χ1) is 10.7. The predicted molar refractivity (Wildman–Crippen MR) is 85.2 cm³/mol. The molecule has 1 N–H and O–H groups in total. The minimum Gasteiger partial charge on any atom is -0.493 e. The smallest absolute Gasteiger partial charge is 0.161 e. The van der Waals surface area contributed by atoms with Crippen molar-refractivity contribution in [1.29, 1.82) is 5.26 Å². The van der Waals surface area contributed by atoms with E-state index in [4.69, 9.17) is 14.7 Å². The van der Waals surface area contributed by atoms with Gasteiger partial charge < -0.3 is 14.8 Å². The number of rotatable bonds is 6. The zero-order chi connectivity index (χ0) is 15.9. The molecule has 5 heteroatoms. The highest BCUT2D eigenvalue weighted by molar-refractivity contribution is 5.46. The van der Waals surface area contributed by atoms with Gasteiger partial charge in [-0.1, -0.05) is 6.07 Å². The van der Waals surface area contributed by atoms with Crippen molar-refractivity contribution in [2.75, 3.05) is 19.0 Å². The molecule has 2 aromatic rings. The lowest BCUT2D eigenvalue weighted by Gasteiger charge is -2.17. The van der Waals surface area contributed by atoms with Crippen molar-refractivity contribution in [3.8, 4) is 17.6 Å². The first-order valence-corrected chi connectivity index (χ1v) is 7.11. The van der Waals surface area contributed by atoms with Crippen LogP contribution in [0.4, 0.5) is 5.82 Å². The van der Waals surface area contributed by atoms with Gasteiger partial charge in [-0.25, -0.2) is 4.98 Å². The second-order valence-electron chi connectivity index (χ2n) is 4.75. The molecule has 0 aliphatic carbocycles. The molecule has 5 nitrogen and oxygen atoms in total. The maximum Gasteiger partial charge on any atom is 0.161 e. The lowest BCUT2D eigenvalue weighted by atomic mass is 10.1. The first kappa shape index (κ1) is 15.6. The molecule has 1 heterocycles. The molecular weight excluding hydrogens is 278 g/mol. The van der Waals surface area contributed by atoms with E-state index in [1.807, 2.05) is 32.0 Å². The monoisotopic (exact) mass is 297 g/mol. The Morgan fingerprint density at radius 1 is 1.27 bits per heavy atom. The molecule has 22 heavy (non-hydrogen) atoms. The van der Waals surface area contributed by atoms with Gasteiger partial charge in [-0.3, -0.25) is 0 Å². The maximum atomic E-state index is 8.78. The minimum atomic E-state index is 0.0463. The molecule has 0 aliphatic heterocycles. The van der Waals surface area contributed by atoms with Crippen LogP contribution in [0.15, 0.2) is 36.5 Å². The molecule has 1 aromatic heterocycles. The van der Waals surface area contributed by atoms with E-state index in [1.165, 1.54) is 0 Å². The molecule has 114 valence electrons. The summed E-state index contributed by atoms with van der Waals surface area (Å²) >= 11 is 0. The Hall–Kier alpha value is -2.74. The number of nitriles is 1. The molecule has 0 bridgehead atoms. The summed E-state index contributed by atoms with van der Waals surface area (Å²) in [5, 5.41) is 12.1. The molecule has 1 unspecified atom stereocenters. The summed E-state index contributed by atoms with van der Waals surface area (Å²) in [4.78, 5) is 4.22. The third kappa shape index (κ3) is 3.67. The lowest BCUT2D eigenvalue weighted by Crippen LogP contribution is -2.08. The van der Waals surface area contributed by atoms with Crippen LogP contribution in [-0.4, -0.2) is 18.7 Å². The number of hydrogen-bond acceptors (Lipinski definition) is 5. The summed E-state index contributed by atoms with van der Waals surface area (Å²) in [6.45, 7) is 4.57. The fraction of sp³-hybridized carbons (Fsp3) is 0.294. The van der Waals surface area contributed by atoms with E-state index in [0.717, 1.165) is 17.1 Å². The van der Waals surface area contributed by atoms with Crippen LogP contribution in [0.25, 0.3) is 0 Å². The number of ether oxygens (including phenoxy) is 2. The van der Waals surface area contributed by atoms with Gasteiger partial charge >= 0.3 is 0 Å². The largest absolute Gasteiger partial charge is 0.493 e. The normalized spacial score (nSPS) is 11.4. The van der Waals surface area contributed by atoms with Gasteiger partial charge in [0.25, 0.3) is 0 Å². The van der Waals surface area contributed by atoms with E-state index in [-0.39, 0.29) is 6.04 Å². The topological polar surface area (TPSA) is 67.2 Å². The highest BCUT2D eigenvalue weighted by atomic mass is 16.5. The van der Waals surface area contributed by atoms with E-state index < -0.39 is 0 Å². The first-order valence-electron chi connectivity index (χ1n) is 7.11. The van der Waals surface area contributed by atoms with Gasteiger partial charge in [-0.15, -0.1) is 0 Å². The number of hydrogen-bond donors (Lipinski definition) is 1. The van der Waals surface area contributed by atoms with Crippen molar-refractivity contribution in [1.82, 2.24) is 4.98 Å². The lowest BCUT2D eigenvalue weighted by molar-refractivity contribution is 0.310. The Kier molecular flexibility index (Phi) is 5.21. The molecule has 1 atom stereocenters. The van der Waals surface area contributed by atoms with Crippen LogP contribution in [0.2, 0.25) is 0 Å². The summed E-state index contributed by atoms with van der Waals surface area (Å²) in [5.74, 6) is 2.16. The fourth-order valence-corrected chi connectivity index (χ4v) is 2.08. The SMILES string of the molecule is CCOc1ccc(C(C)Nc2ccc(C#N)cn2)cc1OC. The molecule has 0 amide bonds. The van der Waals surface area contributed by atoms with Gasteiger partial charge in [-0.2, -0.15) is 5.26 Å². The standard InChI is InChI=1S/C17H19N3O2/c1-4-22-15-7-6-14(9-16(15)21-3)12(2)20-17-8-5-13(10-18)11-19-17/h5-9,11-12H,4H2,1-3H3,(H,19,20). The number of aromatic nitrogens is 1. The van der Waals surface area contributed by atoms with E-state index in [0.29, 0.717) is 17.9 Å². The number of benzene rings is 1. The van der Waals surface area contributed by atoms with Gasteiger partial charge in [-0.05, 0) is 43.7 Å². The number of nitrogens with zero attached hydrogens (tertiary/aromatic N) is 2. The van der Waals surface area contributed by atoms with E-state index in [1.54, 1.807) is 25.4 Å². The van der Waals surface area contributed by atoms with Crippen LogP contribution in [0.5, 0.6) is 11.5 Å². The molecular formula is C17H19N3O2. The highest BCUT2D eigenvalue weighted by Crippen LogP contribution is 2.31. The van der Waals surface area contributed by atoms with Crippen molar-refractivity contribution in [2.24, 2.45) is 0 Å². The van der Waals surface area contributed by atoms with Crippen molar-refractivity contribution in [3.63, 3.8) is 0 Å². The maximum absolute atomic E-state index is 8.78. The zero-order valence-electron chi connectivity index (χ0n) is 13.0.